The first-order valence-electron chi connectivity index (χ1n) is 11.2. The van der Waals surface area contributed by atoms with E-state index in [1.807, 2.05) is 24.0 Å². The predicted molar refractivity (Wildman–Crippen MR) is 128 cm³/mol. The minimum absolute atomic E-state index is 0.713. The Bertz CT molecular complexity index is 847. The molecule has 2 N–H and O–H groups in total. The molecular formula is C24H33N5S. The third-order valence-corrected chi connectivity index (χ3v) is 7.02. The van der Waals surface area contributed by atoms with Gasteiger partial charge in [-0.25, -0.2) is 9.97 Å². The molecule has 0 spiro atoms. The summed E-state index contributed by atoms with van der Waals surface area (Å²) in [5, 5.41) is 6.87. The van der Waals surface area contributed by atoms with Crippen LogP contribution in [0.15, 0.2) is 47.5 Å². The molecule has 1 saturated heterocycles. The van der Waals surface area contributed by atoms with E-state index in [2.05, 4.69) is 57.8 Å². The molecule has 2 aliphatic heterocycles. The average Bonchev–Trinajstić information content (AvgIpc) is 3.48. The standard InChI is InChI=1S/C24H33N5S/c1-2-29(18-20-8-11-25-16-20)17-19-5-3-6-21(15-19)23-10-13-27-24(28-23)26-12-9-22-7-4-14-30-22/h3,5-7,10,13,15,20,25H,2,4,8-9,11-12,14,16-18H2,1H3,(H,26,27,28)/t20-/m1/s1. The molecule has 5 nitrogen and oxygen atoms in total. The fourth-order valence-corrected chi connectivity index (χ4v) is 5.15. The minimum atomic E-state index is 0.713. The van der Waals surface area contributed by atoms with Crippen LogP contribution in [0.3, 0.4) is 0 Å². The second-order valence-electron chi connectivity index (χ2n) is 8.14. The van der Waals surface area contributed by atoms with Gasteiger partial charge in [0, 0.05) is 37.1 Å². The highest BCUT2D eigenvalue weighted by Gasteiger charge is 2.17. The first-order chi connectivity index (χ1) is 14.8. The second-order valence-corrected chi connectivity index (χ2v) is 9.36. The van der Waals surface area contributed by atoms with Gasteiger partial charge in [-0.2, -0.15) is 0 Å². The molecule has 4 rings (SSSR count). The number of rotatable bonds is 10. The Hall–Kier alpha value is -1.89. The van der Waals surface area contributed by atoms with Crippen LogP contribution in [0.4, 0.5) is 5.95 Å². The largest absolute Gasteiger partial charge is 0.354 e. The molecule has 0 bridgehead atoms. The van der Waals surface area contributed by atoms with Gasteiger partial charge in [-0.05, 0) is 67.4 Å². The summed E-state index contributed by atoms with van der Waals surface area (Å²) in [6.45, 7) is 8.70. The summed E-state index contributed by atoms with van der Waals surface area (Å²) >= 11 is 1.97. The summed E-state index contributed by atoms with van der Waals surface area (Å²) in [6, 6.07) is 10.8. The Balaban J connectivity index is 1.37. The van der Waals surface area contributed by atoms with E-state index in [-0.39, 0.29) is 0 Å². The van der Waals surface area contributed by atoms with Gasteiger partial charge in [-0.3, -0.25) is 4.90 Å². The molecule has 0 unspecified atom stereocenters. The maximum absolute atomic E-state index is 4.76. The molecule has 1 aromatic carbocycles. The minimum Gasteiger partial charge on any atom is -0.354 e. The summed E-state index contributed by atoms with van der Waals surface area (Å²) < 4.78 is 0. The Labute approximate surface area is 184 Å². The highest BCUT2D eigenvalue weighted by molar-refractivity contribution is 8.03. The molecule has 1 fully saturated rings. The van der Waals surface area contributed by atoms with Gasteiger partial charge in [-0.15, -0.1) is 11.8 Å². The van der Waals surface area contributed by atoms with Gasteiger partial charge in [0.1, 0.15) is 0 Å². The van der Waals surface area contributed by atoms with Crippen LogP contribution in [0, 0.1) is 5.92 Å². The van der Waals surface area contributed by atoms with E-state index >= 15 is 0 Å². The van der Waals surface area contributed by atoms with Crippen molar-refractivity contribution in [3.8, 4) is 11.3 Å². The van der Waals surface area contributed by atoms with Crippen LogP contribution in [0.1, 0.15) is 31.7 Å². The third kappa shape index (κ3) is 6.06. The van der Waals surface area contributed by atoms with Crippen molar-refractivity contribution in [2.24, 2.45) is 5.92 Å². The maximum atomic E-state index is 4.76. The van der Waals surface area contributed by atoms with Gasteiger partial charge in [0.15, 0.2) is 0 Å². The monoisotopic (exact) mass is 423 g/mol. The van der Waals surface area contributed by atoms with Crippen LogP contribution < -0.4 is 10.6 Å². The SMILES string of the molecule is CCN(Cc1cccc(-c2ccnc(NCCC3=CCCS3)n2)c1)C[C@@H]1CCNC1. The lowest BCUT2D eigenvalue weighted by molar-refractivity contribution is 0.240. The molecule has 1 aromatic heterocycles. The molecule has 1 atom stereocenters. The fourth-order valence-electron chi connectivity index (χ4n) is 4.17. The molecule has 0 aliphatic carbocycles. The van der Waals surface area contributed by atoms with Gasteiger partial charge in [0.05, 0.1) is 5.69 Å². The van der Waals surface area contributed by atoms with Crippen LogP contribution in [0.25, 0.3) is 11.3 Å². The normalized spacial score (nSPS) is 18.7. The van der Waals surface area contributed by atoms with Gasteiger partial charge in [0.25, 0.3) is 0 Å². The topological polar surface area (TPSA) is 53.1 Å². The highest BCUT2D eigenvalue weighted by atomic mass is 32.2. The van der Waals surface area contributed by atoms with E-state index in [1.165, 1.54) is 35.6 Å². The van der Waals surface area contributed by atoms with Gasteiger partial charge >= 0.3 is 0 Å². The lowest BCUT2D eigenvalue weighted by Gasteiger charge is -2.24. The van der Waals surface area contributed by atoms with Gasteiger partial charge in [-0.1, -0.05) is 31.2 Å². The zero-order valence-electron chi connectivity index (χ0n) is 17.9. The number of nitrogens with one attached hydrogen (secondary N) is 2. The van der Waals surface area contributed by atoms with Crippen molar-refractivity contribution in [1.82, 2.24) is 20.2 Å². The number of anilines is 1. The third-order valence-electron chi connectivity index (χ3n) is 5.84. The molecule has 30 heavy (non-hydrogen) atoms. The lowest BCUT2D eigenvalue weighted by atomic mass is 10.1. The van der Waals surface area contributed by atoms with Crippen molar-refractivity contribution in [2.75, 3.05) is 43.8 Å². The van der Waals surface area contributed by atoms with Crippen molar-refractivity contribution in [1.29, 1.82) is 0 Å². The Kier molecular flexibility index (Phi) is 7.78. The Morgan fingerprint density at radius 2 is 2.27 bits per heavy atom. The predicted octanol–water partition coefficient (Wildman–Crippen LogP) is 4.40. The van der Waals surface area contributed by atoms with E-state index in [9.17, 15) is 0 Å². The number of thioether (sulfide) groups is 1. The lowest BCUT2D eigenvalue weighted by Crippen LogP contribution is -2.30. The number of hydrogen-bond donors (Lipinski definition) is 2. The van der Waals surface area contributed by atoms with Crippen molar-refractivity contribution < 1.29 is 0 Å². The van der Waals surface area contributed by atoms with E-state index in [4.69, 9.17) is 4.98 Å². The smallest absolute Gasteiger partial charge is 0.223 e. The molecule has 2 aliphatic rings. The van der Waals surface area contributed by atoms with Crippen molar-refractivity contribution in [3.05, 3.63) is 53.1 Å². The molecule has 0 radical (unpaired) electrons. The van der Waals surface area contributed by atoms with E-state index in [1.54, 1.807) is 0 Å². The number of hydrogen-bond acceptors (Lipinski definition) is 6. The summed E-state index contributed by atoms with van der Waals surface area (Å²) in [5.41, 5.74) is 3.48. The second kappa shape index (κ2) is 10.9. The van der Waals surface area contributed by atoms with E-state index in [0.29, 0.717) is 5.95 Å². The van der Waals surface area contributed by atoms with Crippen LogP contribution in [0.2, 0.25) is 0 Å². The number of benzene rings is 1. The first-order valence-corrected chi connectivity index (χ1v) is 12.2. The van der Waals surface area contributed by atoms with Gasteiger partial charge in [0.2, 0.25) is 5.95 Å². The zero-order chi connectivity index (χ0) is 20.6. The van der Waals surface area contributed by atoms with Crippen molar-refractivity contribution >= 4 is 17.7 Å². The zero-order valence-corrected chi connectivity index (χ0v) is 18.8. The molecular weight excluding hydrogens is 390 g/mol. The summed E-state index contributed by atoms with van der Waals surface area (Å²) in [6.07, 6.45) is 7.75. The van der Waals surface area contributed by atoms with Gasteiger partial charge < -0.3 is 10.6 Å². The van der Waals surface area contributed by atoms with Crippen molar-refractivity contribution in [3.63, 3.8) is 0 Å². The summed E-state index contributed by atoms with van der Waals surface area (Å²) in [5.74, 6) is 2.72. The first kappa shape index (κ1) is 21.3. The Morgan fingerprint density at radius 1 is 1.30 bits per heavy atom. The van der Waals surface area contributed by atoms with E-state index in [0.717, 1.165) is 56.3 Å². The summed E-state index contributed by atoms with van der Waals surface area (Å²) in [7, 11) is 0. The molecule has 3 heterocycles. The van der Waals surface area contributed by atoms with E-state index < -0.39 is 0 Å². The number of nitrogens with zero attached hydrogens (tertiary/aromatic N) is 3. The van der Waals surface area contributed by atoms with Crippen molar-refractivity contribution in [2.45, 2.75) is 32.7 Å². The molecule has 0 amide bonds. The van der Waals surface area contributed by atoms with Crippen LogP contribution in [0.5, 0.6) is 0 Å². The van der Waals surface area contributed by atoms with Crippen LogP contribution >= 0.6 is 11.8 Å². The highest BCUT2D eigenvalue weighted by Crippen LogP contribution is 2.27. The molecule has 6 heteroatoms. The average molecular weight is 424 g/mol. The quantitative estimate of drug-likeness (QED) is 0.591. The molecule has 0 saturated carbocycles. The Morgan fingerprint density at radius 3 is 3.07 bits per heavy atom. The number of aromatic nitrogens is 2. The summed E-state index contributed by atoms with van der Waals surface area (Å²) in [4.78, 5) is 13.2. The number of allylic oxidation sites excluding steroid dienone is 1. The molecule has 160 valence electrons. The fraction of sp³-hybridized carbons (Fsp3) is 0.500. The van der Waals surface area contributed by atoms with Crippen LogP contribution in [-0.4, -0.2) is 53.3 Å². The molecule has 2 aromatic rings. The van der Waals surface area contributed by atoms with Crippen LogP contribution in [-0.2, 0) is 6.54 Å². The maximum Gasteiger partial charge on any atom is 0.223 e.